The summed E-state index contributed by atoms with van der Waals surface area (Å²) in [4.78, 5) is 0. The highest BCUT2D eigenvalue weighted by Gasteiger charge is 2.32. The van der Waals surface area contributed by atoms with Crippen LogP contribution in [-0.4, -0.2) is 0 Å². The SMILES string of the molecule is CC1=CC=C(C2=C(C#Cc3ccc(C)cc3)/C(c3ccc(C)cc3)=C(C#CC3=CCC(C)(C)C=C3)\C(c3ccc(C)cc3)=C(C#Cc3ccc(C)cc3)/C(c3ccc(C)cc3)=C\2C#Cc2ccc(C)cc2)CC=C1. The topological polar surface area (TPSA) is 0 Å². The van der Waals surface area contributed by atoms with E-state index >= 15 is 0 Å². The van der Waals surface area contributed by atoms with Crippen LogP contribution in [0.15, 0.2) is 233 Å². The van der Waals surface area contributed by atoms with E-state index in [0.717, 1.165) is 118 Å². The molecular weight excluding hydrogens is 889 g/mol. The van der Waals surface area contributed by atoms with Gasteiger partial charge in [0.1, 0.15) is 0 Å². The molecule has 0 heterocycles. The maximum absolute atomic E-state index is 3.96. The van der Waals surface area contributed by atoms with Gasteiger partial charge in [-0.25, -0.2) is 0 Å². The van der Waals surface area contributed by atoms with Crippen molar-refractivity contribution < 1.29 is 0 Å². The zero-order chi connectivity index (χ0) is 51.8. The highest BCUT2D eigenvalue weighted by molar-refractivity contribution is 6.11. The van der Waals surface area contributed by atoms with Crippen molar-refractivity contribution in [2.45, 2.75) is 75.2 Å². The minimum Gasteiger partial charge on any atom is -0.0798 e. The molecule has 0 spiro atoms. The van der Waals surface area contributed by atoms with Crippen LogP contribution in [0.25, 0.3) is 16.7 Å². The average Bonchev–Trinajstić information content (AvgIpc) is 3.62. The summed E-state index contributed by atoms with van der Waals surface area (Å²) in [6.45, 7) is 19.5. The molecule has 0 fully saturated rings. The van der Waals surface area contributed by atoms with Gasteiger partial charge in [0.2, 0.25) is 0 Å². The molecule has 6 aromatic carbocycles. The van der Waals surface area contributed by atoms with Crippen molar-refractivity contribution in [3.63, 3.8) is 0 Å². The third-order valence-electron chi connectivity index (χ3n) is 13.7. The monoisotopic (exact) mass is 950 g/mol. The van der Waals surface area contributed by atoms with Gasteiger partial charge in [0.05, 0.1) is 0 Å². The first-order valence-corrected chi connectivity index (χ1v) is 25.7. The Morgan fingerprint density at radius 2 is 0.689 bits per heavy atom. The largest absolute Gasteiger partial charge is 0.0798 e. The number of hydrogen-bond acceptors (Lipinski definition) is 0. The molecule has 0 unspecified atom stereocenters. The van der Waals surface area contributed by atoms with Crippen molar-refractivity contribution in [1.82, 2.24) is 0 Å². The lowest BCUT2D eigenvalue weighted by Crippen LogP contribution is -2.11. The first-order valence-electron chi connectivity index (χ1n) is 25.7. The molecule has 0 nitrogen and oxygen atoms in total. The summed E-state index contributed by atoms with van der Waals surface area (Å²) in [5.41, 5.74) is 23.0. The predicted molar refractivity (Wildman–Crippen MR) is 314 cm³/mol. The zero-order valence-corrected chi connectivity index (χ0v) is 44.3. The summed E-state index contributed by atoms with van der Waals surface area (Å²) in [6.07, 6.45) is 17.3. The van der Waals surface area contributed by atoms with Crippen molar-refractivity contribution in [2.24, 2.45) is 5.41 Å². The van der Waals surface area contributed by atoms with Crippen LogP contribution >= 0.6 is 0 Å². The van der Waals surface area contributed by atoms with Crippen LogP contribution in [0.3, 0.4) is 0 Å². The van der Waals surface area contributed by atoms with Crippen LogP contribution in [0.5, 0.6) is 0 Å². The van der Waals surface area contributed by atoms with E-state index in [0.29, 0.717) is 6.42 Å². The van der Waals surface area contributed by atoms with Gasteiger partial charge in [-0.15, -0.1) is 0 Å². The number of rotatable bonds is 4. The van der Waals surface area contributed by atoms with E-state index in [1.807, 2.05) is 0 Å². The first kappa shape index (κ1) is 50.2. The van der Waals surface area contributed by atoms with Crippen LogP contribution < -0.4 is 0 Å². The number of aryl methyl sites for hydroxylation is 6. The number of allylic oxidation sites excluding steroid dienone is 18. The van der Waals surface area contributed by atoms with E-state index in [-0.39, 0.29) is 5.41 Å². The Bertz CT molecular complexity index is 3710. The van der Waals surface area contributed by atoms with Gasteiger partial charge in [0.25, 0.3) is 0 Å². The summed E-state index contributed by atoms with van der Waals surface area (Å²) < 4.78 is 0. The molecule has 0 radical (unpaired) electrons. The molecule has 358 valence electrons. The molecule has 0 amide bonds. The molecule has 0 heteroatoms. The van der Waals surface area contributed by atoms with E-state index < -0.39 is 0 Å². The quantitative estimate of drug-likeness (QED) is 0.155. The maximum atomic E-state index is 3.96. The molecule has 3 aliphatic carbocycles. The molecule has 0 N–H and O–H groups in total. The van der Waals surface area contributed by atoms with E-state index in [1.165, 1.54) is 16.7 Å². The van der Waals surface area contributed by atoms with Crippen LogP contribution in [0.2, 0.25) is 0 Å². The van der Waals surface area contributed by atoms with Crippen molar-refractivity contribution in [3.8, 4) is 47.4 Å². The molecule has 9 rings (SSSR count). The minimum absolute atomic E-state index is 0.0389. The molecular formula is C74H62. The smallest absolute Gasteiger partial charge is 0.0431 e. The second-order valence-corrected chi connectivity index (χ2v) is 20.6. The fourth-order valence-electron chi connectivity index (χ4n) is 9.13. The van der Waals surface area contributed by atoms with Gasteiger partial charge in [-0.05, 0) is 125 Å². The Kier molecular flexibility index (Phi) is 15.1. The van der Waals surface area contributed by atoms with E-state index in [1.54, 1.807) is 0 Å². The molecule has 6 aromatic rings. The van der Waals surface area contributed by atoms with E-state index in [4.69, 9.17) is 0 Å². The van der Waals surface area contributed by atoms with E-state index in [2.05, 4.69) is 298 Å². The molecule has 0 saturated carbocycles. The summed E-state index contributed by atoms with van der Waals surface area (Å²) in [5, 5.41) is 0. The molecule has 0 saturated heterocycles. The van der Waals surface area contributed by atoms with Crippen LogP contribution in [0.1, 0.15) is 100 Å². The number of hydrogen-bond donors (Lipinski definition) is 0. The second-order valence-electron chi connectivity index (χ2n) is 20.6. The van der Waals surface area contributed by atoms with Gasteiger partial charge in [0.15, 0.2) is 0 Å². The van der Waals surface area contributed by atoms with Gasteiger partial charge in [-0.3, -0.25) is 0 Å². The fraction of sp³-hybridized carbons (Fsp3) is 0.162. The minimum atomic E-state index is 0.0389. The summed E-state index contributed by atoms with van der Waals surface area (Å²) in [7, 11) is 0. The predicted octanol–water partition coefficient (Wildman–Crippen LogP) is 17.4. The third-order valence-corrected chi connectivity index (χ3v) is 13.7. The molecule has 74 heavy (non-hydrogen) atoms. The fourth-order valence-corrected chi connectivity index (χ4v) is 9.13. The van der Waals surface area contributed by atoms with Crippen molar-refractivity contribution in [2.75, 3.05) is 0 Å². The molecule has 0 aliphatic heterocycles. The standard InChI is InChI=1S/C74H62/c1-51-11-10-12-62(36-19-51)70-66(43-32-58-26-13-52(2)14-27-58)71(63-37-20-55(5)21-38-63)68(45-34-60-30-17-54(4)18-31-60)73(65-41-24-57(7)25-42-65)69(46-35-61-47-49-74(8,9)50-48-61)72(64-39-22-56(6)23-40-64)67(70)44-33-59-28-15-53(3)16-29-59/h10-11,13-31,36-42,47-49H,12,50H2,1-9H3/b70-66?,70-67-,71-66-,71-68?,72-67?,72-69-,73-68-,73-69?. The van der Waals surface area contributed by atoms with Crippen LogP contribution in [0.4, 0.5) is 0 Å². The zero-order valence-electron chi connectivity index (χ0n) is 44.3. The lowest BCUT2D eigenvalue weighted by atomic mass is 9.73. The Balaban J connectivity index is 1.60. The third kappa shape index (κ3) is 12.1. The first-order chi connectivity index (χ1) is 35.8. The summed E-state index contributed by atoms with van der Waals surface area (Å²) in [6, 6.07) is 52.1. The Hall–Kier alpha value is -8.78. The van der Waals surface area contributed by atoms with Crippen molar-refractivity contribution in [3.05, 3.63) is 299 Å². The van der Waals surface area contributed by atoms with Gasteiger partial charge >= 0.3 is 0 Å². The van der Waals surface area contributed by atoms with Gasteiger partial charge in [-0.1, -0.05) is 252 Å². The lowest BCUT2D eigenvalue weighted by molar-refractivity contribution is 0.483. The van der Waals surface area contributed by atoms with Crippen LogP contribution in [-0.2, 0) is 0 Å². The highest BCUT2D eigenvalue weighted by Crippen LogP contribution is 2.48. The number of benzene rings is 6. The lowest BCUT2D eigenvalue weighted by Gasteiger charge is -2.27. The van der Waals surface area contributed by atoms with Crippen molar-refractivity contribution in [1.29, 1.82) is 0 Å². The molecule has 0 atom stereocenters. The average molecular weight is 951 g/mol. The Morgan fingerprint density at radius 3 is 1.05 bits per heavy atom. The molecule has 0 bridgehead atoms. The van der Waals surface area contributed by atoms with Gasteiger partial charge in [-0.2, -0.15) is 0 Å². The Labute approximate surface area is 441 Å². The summed E-state index contributed by atoms with van der Waals surface area (Å²) in [5.74, 6) is 30.7. The Morgan fingerprint density at radius 1 is 0.351 bits per heavy atom. The van der Waals surface area contributed by atoms with Crippen molar-refractivity contribution >= 4 is 16.7 Å². The highest BCUT2D eigenvalue weighted by atomic mass is 14.3. The maximum Gasteiger partial charge on any atom is 0.0431 e. The summed E-state index contributed by atoms with van der Waals surface area (Å²) >= 11 is 0. The normalized spacial score (nSPS) is 19.0. The second kappa shape index (κ2) is 22.3. The molecule has 3 aliphatic rings. The molecule has 0 aromatic heterocycles. The van der Waals surface area contributed by atoms with Gasteiger partial charge < -0.3 is 0 Å². The van der Waals surface area contributed by atoms with Crippen LogP contribution in [0, 0.1) is 94.3 Å². The van der Waals surface area contributed by atoms with E-state index in [9.17, 15) is 0 Å². The van der Waals surface area contributed by atoms with Gasteiger partial charge in [0, 0.05) is 66.8 Å².